The van der Waals surface area contributed by atoms with Gasteiger partial charge in [-0.15, -0.1) is 0 Å². The maximum Gasteiger partial charge on any atom is 0.337 e. The SMILES string of the molecule is COC(=O)c1ccc2c(=O)[nH]c(/C(Cl)=C/c3ccc([N+](=O)[O-])cc3)nc2c1. The summed E-state index contributed by atoms with van der Waals surface area (Å²) in [4.78, 5) is 41.0. The Hall–Kier alpha value is -3.52. The molecule has 3 aromatic rings. The number of methoxy groups -OCH3 is 1. The monoisotopic (exact) mass is 385 g/mol. The van der Waals surface area contributed by atoms with Gasteiger partial charge in [-0.05, 0) is 42.0 Å². The average Bonchev–Trinajstić information content (AvgIpc) is 2.67. The number of halogens is 1. The molecule has 0 aliphatic rings. The van der Waals surface area contributed by atoms with Crippen LogP contribution in [0.15, 0.2) is 47.3 Å². The summed E-state index contributed by atoms with van der Waals surface area (Å²) in [6.07, 6.45) is 1.51. The van der Waals surface area contributed by atoms with E-state index in [9.17, 15) is 19.7 Å². The maximum atomic E-state index is 12.3. The highest BCUT2D eigenvalue weighted by molar-refractivity contribution is 6.50. The summed E-state index contributed by atoms with van der Waals surface area (Å²) >= 11 is 6.25. The molecule has 0 aliphatic heterocycles. The van der Waals surface area contributed by atoms with Crippen LogP contribution in [0.1, 0.15) is 21.7 Å². The van der Waals surface area contributed by atoms with Crippen LogP contribution in [-0.2, 0) is 4.74 Å². The normalized spacial score (nSPS) is 11.4. The fourth-order valence-corrected chi connectivity index (χ4v) is 2.62. The lowest BCUT2D eigenvalue weighted by Crippen LogP contribution is -2.11. The lowest BCUT2D eigenvalue weighted by molar-refractivity contribution is -0.384. The van der Waals surface area contributed by atoms with E-state index in [-0.39, 0.29) is 27.6 Å². The van der Waals surface area contributed by atoms with Crippen LogP contribution in [0, 0.1) is 10.1 Å². The molecule has 0 spiro atoms. The van der Waals surface area contributed by atoms with E-state index in [0.717, 1.165) is 0 Å². The summed E-state index contributed by atoms with van der Waals surface area (Å²) in [7, 11) is 1.26. The maximum absolute atomic E-state index is 12.3. The molecule has 9 heteroatoms. The minimum atomic E-state index is -0.548. The number of aromatic nitrogens is 2. The number of non-ortho nitro benzene ring substituents is 1. The second-order valence-electron chi connectivity index (χ2n) is 5.48. The molecular weight excluding hydrogens is 374 g/mol. The highest BCUT2D eigenvalue weighted by atomic mass is 35.5. The largest absolute Gasteiger partial charge is 0.465 e. The molecule has 1 heterocycles. The first-order chi connectivity index (χ1) is 12.9. The van der Waals surface area contributed by atoms with Crippen molar-refractivity contribution < 1.29 is 14.5 Å². The van der Waals surface area contributed by atoms with E-state index in [1.807, 2.05) is 0 Å². The van der Waals surface area contributed by atoms with Gasteiger partial charge in [0, 0.05) is 12.1 Å². The molecule has 0 aliphatic carbocycles. The molecule has 0 bridgehead atoms. The molecule has 0 unspecified atom stereocenters. The van der Waals surface area contributed by atoms with Crippen molar-refractivity contribution in [2.75, 3.05) is 7.11 Å². The highest BCUT2D eigenvalue weighted by Crippen LogP contribution is 2.22. The van der Waals surface area contributed by atoms with Gasteiger partial charge in [-0.2, -0.15) is 0 Å². The number of benzene rings is 2. The van der Waals surface area contributed by atoms with E-state index in [1.165, 1.54) is 55.7 Å². The number of hydrogen-bond acceptors (Lipinski definition) is 6. The Labute approximate surface area is 157 Å². The molecule has 3 rings (SSSR count). The number of carbonyl (C=O) groups is 1. The zero-order valence-corrected chi connectivity index (χ0v) is 14.7. The van der Waals surface area contributed by atoms with Gasteiger partial charge >= 0.3 is 5.97 Å². The zero-order valence-electron chi connectivity index (χ0n) is 13.9. The zero-order chi connectivity index (χ0) is 19.6. The molecule has 0 fully saturated rings. The second kappa shape index (κ2) is 7.38. The van der Waals surface area contributed by atoms with Gasteiger partial charge in [-0.1, -0.05) is 11.6 Å². The van der Waals surface area contributed by atoms with Crippen molar-refractivity contribution in [2.24, 2.45) is 0 Å². The summed E-state index contributed by atoms with van der Waals surface area (Å²) in [5.41, 5.74) is 0.672. The molecule has 136 valence electrons. The third kappa shape index (κ3) is 3.85. The van der Waals surface area contributed by atoms with E-state index in [4.69, 9.17) is 11.6 Å². The van der Waals surface area contributed by atoms with Crippen LogP contribution in [0.5, 0.6) is 0 Å². The van der Waals surface area contributed by atoms with Crippen molar-refractivity contribution in [3.8, 4) is 0 Å². The predicted molar refractivity (Wildman–Crippen MR) is 101 cm³/mol. The third-order valence-electron chi connectivity index (χ3n) is 3.75. The van der Waals surface area contributed by atoms with Gasteiger partial charge in [-0.25, -0.2) is 9.78 Å². The number of fused-ring (bicyclic) bond motifs is 1. The first kappa shape index (κ1) is 18.3. The smallest absolute Gasteiger partial charge is 0.337 e. The summed E-state index contributed by atoms with van der Waals surface area (Å²) < 4.78 is 4.66. The van der Waals surface area contributed by atoms with E-state index in [2.05, 4.69) is 14.7 Å². The number of nitrogens with one attached hydrogen (secondary N) is 1. The molecule has 1 aromatic heterocycles. The summed E-state index contributed by atoms with van der Waals surface area (Å²) in [5, 5.41) is 11.1. The Kier molecular flexibility index (Phi) is 5.00. The molecule has 27 heavy (non-hydrogen) atoms. The molecule has 2 aromatic carbocycles. The molecule has 0 saturated heterocycles. The summed E-state index contributed by atoms with van der Waals surface area (Å²) in [6, 6.07) is 10.1. The Morgan fingerprint density at radius 1 is 1.26 bits per heavy atom. The molecule has 8 nitrogen and oxygen atoms in total. The van der Waals surface area contributed by atoms with E-state index >= 15 is 0 Å². The number of nitro benzene ring substituents is 1. The number of nitrogens with zero attached hydrogens (tertiary/aromatic N) is 2. The summed E-state index contributed by atoms with van der Waals surface area (Å²) in [6.45, 7) is 0. The quantitative estimate of drug-likeness (QED) is 0.418. The van der Waals surface area contributed by atoms with Crippen molar-refractivity contribution in [1.29, 1.82) is 0 Å². The third-order valence-corrected chi connectivity index (χ3v) is 4.04. The standard InChI is InChI=1S/C18H12ClN3O5/c1-27-18(24)11-4-7-13-15(9-11)20-16(21-17(13)23)14(19)8-10-2-5-12(6-3-10)22(25)26/h2-9H,1H3,(H,20,21,23)/b14-8-. The molecule has 0 radical (unpaired) electrons. The Morgan fingerprint density at radius 3 is 2.59 bits per heavy atom. The number of aromatic amines is 1. The topological polar surface area (TPSA) is 115 Å². The van der Waals surface area contributed by atoms with Crippen LogP contribution >= 0.6 is 11.6 Å². The fourth-order valence-electron chi connectivity index (χ4n) is 2.40. The molecule has 0 amide bonds. The van der Waals surface area contributed by atoms with E-state index < -0.39 is 16.5 Å². The van der Waals surface area contributed by atoms with Gasteiger partial charge < -0.3 is 9.72 Å². The number of ether oxygens (including phenoxy) is 1. The van der Waals surface area contributed by atoms with Crippen molar-refractivity contribution in [3.05, 3.63) is 79.9 Å². The Bertz CT molecular complexity index is 1140. The number of rotatable bonds is 4. The molecular formula is C18H12ClN3O5. The highest BCUT2D eigenvalue weighted by Gasteiger charge is 2.11. The van der Waals surface area contributed by atoms with Crippen LogP contribution in [0.4, 0.5) is 5.69 Å². The number of carbonyl (C=O) groups excluding carboxylic acids is 1. The van der Waals surface area contributed by atoms with Crippen LogP contribution in [0.25, 0.3) is 22.0 Å². The molecule has 0 atom stereocenters. The van der Waals surface area contributed by atoms with Gasteiger partial charge in [0.05, 0.1) is 33.5 Å². The lowest BCUT2D eigenvalue weighted by Gasteiger charge is -2.04. The number of esters is 1. The van der Waals surface area contributed by atoms with Gasteiger partial charge in [0.1, 0.15) is 0 Å². The first-order valence-electron chi connectivity index (χ1n) is 7.63. The van der Waals surface area contributed by atoms with Crippen molar-refractivity contribution in [1.82, 2.24) is 9.97 Å². The Morgan fingerprint density at radius 2 is 1.96 bits per heavy atom. The first-order valence-corrected chi connectivity index (χ1v) is 8.01. The second-order valence-corrected chi connectivity index (χ2v) is 5.89. The molecule has 0 saturated carbocycles. The number of H-pyrrole nitrogens is 1. The van der Waals surface area contributed by atoms with Crippen molar-refractivity contribution in [2.45, 2.75) is 0 Å². The minimum absolute atomic E-state index is 0.0455. The summed E-state index contributed by atoms with van der Waals surface area (Å²) in [5.74, 6) is -0.442. The molecule has 1 N–H and O–H groups in total. The van der Waals surface area contributed by atoms with E-state index in [1.54, 1.807) is 0 Å². The van der Waals surface area contributed by atoms with Gasteiger partial charge in [-0.3, -0.25) is 14.9 Å². The lowest BCUT2D eigenvalue weighted by atomic mass is 10.1. The fraction of sp³-hybridized carbons (Fsp3) is 0.0556. The van der Waals surface area contributed by atoms with Gasteiger partial charge in [0.25, 0.3) is 11.2 Å². The number of hydrogen-bond donors (Lipinski definition) is 1. The number of nitro groups is 1. The minimum Gasteiger partial charge on any atom is -0.465 e. The van der Waals surface area contributed by atoms with E-state index in [0.29, 0.717) is 10.9 Å². The van der Waals surface area contributed by atoms with Crippen LogP contribution < -0.4 is 5.56 Å². The average molecular weight is 386 g/mol. The van der Waals surface area contributed by atoms with Crippen LogP contribution in [0.3, 0.4) is 0 Å². The van der Waals surface area contributed by atoms with Crippen molar-refractivity contribution in [3.63, 3.8) is 0 Å². The van der Waals surface area contributed by atoms with Crippen molar-refractivity contribution >= 4 is 45.3 Å². The van der Waals surface area contributed by atoms with Gasteiger partial charge in [0.15, 0.2) is 5.82 Å². The van der Waals surface area contributed by atoms with Crippen LogP contribution in [0.2, 0.25) is 0 Å². The van der Waals surface area contributed by atoms with Crippen LogP contribution in [-0.4, -0.2) is 28.0 Å². The Balaban J connectivity index is 2.03. The predicted octanol–water partition coefficient (Wildman–Crippen LogP) is 3.35. The van der Waals surface area contributed by atoms with Gasteiger partial charge in [0.2, 0.25) is 0 Å².